The van der Waals surface area contributed by atoms with Crippen LogP contribution in [0.4, 0.5) is 11.5 Å². The van der Waals surface area contributed by atoms with Crippen LogP contribution in [-0.4, -0.2) is 35.7 Å². The zero-order valence-electron chi connectivity index (χ0n) is 18.8. The molecule has 8 heteroatoms. The Morgan fingerprint density at radius 2 is 1.91 bits per heavy atom. The second-order valence-electron chi connectivity index (χ2n) is 7.65. The summed E-state index contributed by atoms with van der Waals surface area (Å²) in [5, 5.41) is 0. The van der Waals surface area contributed by atoms with Crippen molar-refractivity contribution in [2.75, 3.05) is 30.9 Å². The van der Waals surface area contributed by atoms with Crippen LogP contribution < -0.4 is 21.9 Å². The van der Waals surface area contributed by atoms with Crippen molar-refractivity contribution in [3.8, 4) is 0 Å². The molecule has 1 aromatic heterocycles. The molecule has 0 aliphatic rings. The number of hydrogen-bond acceptors (Lipinski definition) is 5. The number of H-pyrrole nitrogens is 1. The molecule has 0 aliphatic carbocycles. The Bertz CT molecular complexity index is 1250. The topological polar surface area (TPSA) is 110 Å². The molecule has 172 valence electrons. The summed E-state index contributed by atoms with van der Waals surface area (Å²) in [7, 11) is 1.56. The van der Waals surface area contributed by atoms with Crippen molar-refractivity contribution >= 4 is 23.5 Å². The molecular formula is C25H28N4O4. The van der Waals surface area contributed by atoms with Gasteiger partial charge in [0.2, 0.25) is 0 Å². The highest BCUT2D eigenvalue weighted by Crippen LogP contribution is 2.19. The Kier molecular flexibility index (Phi) is 7.99. The second kappa shape index (κ2) is 11.1. The predicted molar refractivity (Wildman–Crippen MR) is 130 cm³/mol. The summed E-state index contributed by atoms with van der Waals surface area (Å²) in [5.41, 5.74) is 7.65. The standard InChI is InChI=1S/C25H28N4O4/c1-18-8-6-11-19(16-18)12-13-21(30)28(14-7-15-33-2)22-23(26)29(25(32)27-24(22)31)17-20-9-4-3-5-10-20/h3-6,8-13,16H,7,14-15,17,26H2,1-2H3,(H,27,31,32)/b13-12+. The molecule has 0 atom stereocenters. The van der Waals surface area contributed by atoms with Crippen molar-refractivity contribution in [2.24, 2.45) is 0 Å². The lowest BCUT2D eigenvalue weighted by Gasteiger charge is -2.23. The number of ether oxygens (including phenoxy) is 1. The number of nitrogens with one attached hydrogen (secondary N) is 1. The van der Waals surface area contributed by atoms with Gasteiger partial charge in [0.25, 0.3) is 11.5 Å². The highest BCUT2D eigenvalue weighted by atomic mass is 16.5. The van der Waals surface area contributed by atoms with Gasteiger partial charge in [-0.1, -0.05) is 60.2 Å². The number of benzene rings is 2. The first-order valence-corrected chi connectivity index (χ1v) is 10.6. The summed E-state index contributed by atoms with van der Waals surface area (Å²) in [5.74, 6) is -0.489. The number of aromatic nitrogens is 2. The molecule has 3 rings (SSSR count). The van der Waals surface area contributed by atoms with E-state index in [-0.39, 0.29) is 24.6 Å². The van der Waals surface area contributed by atoms with Crippen LogP contribution >= 0.6 is 0 Å². The van der Waals surface area contributed by atoms with E-state index >= 15 is 0 Å². The largest absolute Gasteiger partial charge is 0.385 e. The monoisotopic (exact) mass is 448 g/mol. The number of anilines is 2. The smallest absolute Gasteiger partial charge is 0.330 e. The molecule has 33 heavy (non-hydrogen) atoms. The second-order valence-corrected chi connectivity index (χ2v) is 7.65. The van der Waals surface area contributed by atoms with Gasteiger partial charge in [-0.15, -0.1) is 0 Å². The van der Waals surface area contributed by atoms with E-state index in [4.69, 9.17) is 10.5 Å². The third kappa shape index (κ3) is 6.08. The van der Waals surface area contributed by atoms with Crippen LogP contribution in [0.5, 0.6) is 0 Å². The molecule has 0 bridgehead atoms. The highest BCUT2D eigenvalue weighted by molar-refractivity contribution is 6.05. The number of hydrogen-bond donors (Lipinski definition) is 2. The summed E-state index contributed by atoms with van der Waals surface area (Å²) < 4.78 is 6.36. The van der Waals surface area contributed by atoms with Crippen LogP contribution in [0.25, 0.3) is 6.08 Å². The van der Waals surface area contributed by atoms with E-state index in [2.05, 4.69) is 4.98 Å². The van der Waals surface area contributed by atoms with Crippen molar-refractivity contribution in [1.29, 1.82) is 0 Å². The molecule has 1 heterocycles. The quantitative estimate of drug-likeness (QED) is 0.386. The summed E-state index contributed by atoms with van der Waals surface area (Å²) in [6, 6.07) is 17.0. The van der Waals surface area contributed by atoms with E-state index < -0.39 is 17.2 Å². The number of amides is 1. The summed E-state index contributed by atoms with van der Waals surface area (Å²) in [6.07, 6.45) is 3.56. The molecule has 1 amide bonds. The first-order valence-electron chi connectivity index (χ1n) is 10.6. The lowest BCUT2D eigenvalue weighted by Crippen LogP contribution is -2.41. The Balaban J connectivity index is 2.00. The first kappa shape index (κ1) is 23.7. The average Bonchev–Trinajstić information content (AvgIpc) is 2.80. The molecule has 8 nitrogen and oxygen atoms in total. The Morgan fingerprint density at radius 1 is 1.15 bits per heavy atom. The van der Waals surface area contributed by atoms with E-state index in [1.165, 1.54) is 15.5 Å². The molecular weight excluding hydrogens is 420 g/mol. The fourth-order valence-electron chi connectivity index (χ4n) is 3.49. The lowest BCUT2D eigenvalue weighted by molar-refractivity contribution is -0.114. The third-order valence-corrected chi connectivity index (χ3v) is 5.12. The van der Waals surface area contributed by atoms with E-state index in [1.807, 2.05) is 61.5 Å². The van der Waals surface area contributed by atoms with Crippen LogP contribution in [0.15, 0.2) is 70.3 Å². The van der Waals surface area contributed by atoms with Gasteiger partial charge in [0.05, 0.1) is 6.54 Å². The van der Waals surface area contributed by atoms with Crippen LogP contribution in [0.3, 0.4) is 0 Å². The molecule has 0 saturated heterocycles. The Hall–Kier alpha value is -3.91. The van der Waals surface area contributed by atoms with E-state index in [9.17, 15) is 14.4 Å². The minimum atomic E-state index is -0.712. The molecule has 0 radical (unpaired) electrons. The molecule has 0 saturated carbocycles. The van der Waals surface area contributed by atoms with Crippen molar-refractivity contribution in [2.45, 2.75) is 19.9 Å². The van der Waals surface area contributed by atoms with E-state index in [0.717, 1.165) is 16.7 Å². The van der Waals surface area contributed by atoms with Crippen molar-refractivity contribution in [1.82, 2.24) is 9.55 Å². The predicted octanol–water partition coefficient (Wildman–Crippen LogP) is 2.56. The number of nitrogens with two attached hydrogens (primary N) is 1. The van der Waals surface area contributed by atoms with Gasteiger partial charge in [0.1, 0.15) is 5.82 Å². The maximum atomic E-state index is 13.2. The van der Waals surface area contributed by atoms with Crippen LogP contribution in [-0.2, 0) is 16.1 Å². The average molecular weight is 449 g/mol. The molecule has 3 aromatic rings. The molecule has 0 spiro atoms. The SMILES string of the molecule is COCCCN(C(=O)/C=C/c1cccc(C)c1)c1c(N)n(Cc2ccccc2)c(=O)[nH]c1=O. The van der Waals surface area contributed by atoms with Crippen molar-refractivity contribution in [3.63, 3.8) is 0 Å². The Morgan fingerprint density at radius 3 is 2.61 bits per heavy atom. The normalized spacial score (nSPS) is 11.1. The van der Waals surface area contributed by atoms with Gasteiger partial charge in [0, 0.05) is 26.3 Å². The van der Waals surface area contributed by atoms with Crippen molar-refractivity contribution in [3.05, 3.63) is 98.2 Å². The number of carbonyl (C=O) groups excluding carboxylic acids is 1. The number of methoxy groups -OCH3 is 1. The summed E-state index contributed by atoms with van der Waals surface area (Å²) in [6.45, 7) is 2.72. The molecule has 0 unspecified atom stereocenters. The van der Waals surface area contributed by atoms with Gasteiger partial charge < -0.3 is 15.4 Å². The highest BCUT2D eigenvalue weighted by Gasteiger charge is 2.23. The van der Waals surface area contributed by atoms with Gasteiger partial charge in [-0.25, -0.2) is 4.79 Å². The van der Waals surface area contributed by atoms with E-state index in [1.54, 1.807) is 13.2 Å². The molecule has 3 N–H and O–H groups in total. The fraction of sp³-hybridized carbons (Fsp3) is 0.240. The number of aromatic amines is 1. The number of rotatable bonds is 9. The minimum absolute atomic E-state index is 0.0551. The summed E-state index contributed by atoms with van der Waals surface area (Å²) in [4.78, 5) is 42.0. The van der Waals surface area contributed by atoms with Crippen LogP contribution in [0.2, 0.25) is 0 Å². The van der Waals surface area contributed by atoms with Gasteiger partial charge in [0.15, 0.2) is 5.69 Å². The molecule has 0 fully saturated rings. The minimum Gasteiger partial charge on any atom is -0.385 e. The lowest BCUT2D eigenvalue weighted by atomic mass is 10.1. The number of nitrogens with zero attached hydrogens (tertiary/aromatic N) is 2. The third-order valence-electron chi connectivity index (χ3n) is 5.12. The maximum absolute atomic E-state index is 13.2. The number of carbonyl (C=O) groups is 1. The maximum Gasteiger partial charge on any atom is 0.330 e. The number of aryl methyl sites for hydroxylation is 1. The zero-order valence-corrected chi connectivity index (χ0v) is 18.8. The van der Waals surface area contributed by atoms with E-state index in [0.29, 0.717) is 13.0 Å². The summed E-state index contributed by atoms with van der Waals surface area (Å²) >= 11 is 0. The van der Waals surface area contributed by atoms with Crippen molar-refractivity contribution < 1.29 is 9.53 Å². The van der Waals surface area contributed by atoms with Gasteiger partial charge in [-0.2, -0.15) is 0 Å². The van der Waals surface area contributed by atoms with Gasteiger partial charge >= 0.3 is 5.69 Å². The van der Waals surface area contributed by atoms with Crippen LogP contribution in [0, 0.1) is 6.92 Å². The first-order chi connectivity index (χ1) is 15.9. The Labute approximate surface area is 191 Å². The van der Waals surface area contributed by atoms with Crippen LogP contribution in [0.1, 0.15) is 23.1 Å². The molecule has 0 aliphatic heterocycles. The van der Waals surface area contributed by atoms with Gasteiger partial charge in [-0.05, 0) is 30.5 Å². The fourth-order valence-corrected chi connectivity index (χ4v) is 3.49. The van der Waals surface area contributed by atoms with Gasteiger partial charge in [-0.3, -0.25) is 19.1 Å². The zero-order chi connectivity index (χ0) is 23.8. The molecule has 2 aromatic carbocycles. The number of nitrogen functional groups attached to an aromatic ring is 1.